The second-order valence-corrected chi connectivity index (χ2v) is 13.3. The fourth-order valence-corrected chi connectivity index (χ4v) is 8.36. The van der Waals surface area contributed by atoms with E-state index in [-0.39, 0.29) is 70.4 Å². The minimum atomic E-state index is -4.89. The van der Waals surface area contributed by atoms with Gasteiger partial charge in [0, 0.05) is 38.1 Å². The van der Waals surface area contributed by atoms with Gasteiger partial charge in [0.15, 0.2) is 11.6 Å². The minimum absolute atomic E-state index is 0.0246. The predicted molar refractivity (Wildman–Crippen MR) is 157 cm³/mol. The Bertz CT molecular complexity index is 1730. The van der Waals surface area contributed by atoms with Gasteiger partial charge in [0.1, 0.15) is 36.5 Å². The van der Waals surface area contributed by atoms with Crippen molar-refractivity contribution in [2.24, 2.45) is 0 Å². The molecule has 1 aromatic carbocycles. The third-order valence-electron chi connectivity index (χ3n) is 10.2. The fraction of sp³-hybridized carbons (Fsp3) is 0.567. The summed E-state index contributed by atoms with van der Waals surface area (Å²) in [5, 5.41) is 3.42. The van der Waals surface area contributed by atoms with Gasteiger partial charge in [0.2, 0.25) is 0 Å². The molecule has 240 valence electrons. The Morgan fingerprint density at radius 3 is 2.78 bits per heavy atom. The van der Waals surface area contributed by atoms with Crippen LogP contribution in [0.1, 0.15) is 43.2 Å². The van der Waals surface area contributed by atoms with Crippen molar-refractivity contribution in [3.8, 4) is 23.0 Å². The van der Waals surface area contributed by atoms with Crippen molar-refractivity contribution in [2.75, 3.05) is 43.5 Å². The third-order valence-corrected chi connectivity index (χ3v) is 10.5. The Kier molecular flexibility index (Phi) is 6.57. The van der Waals surface area contributed by atoms with E-state index in [2.05, 4.69) is 20.2 Å². The molecule has 4 fully saturated rings. The number of hydrogen-bond donors (Lipinski definition) is 2. The molecule has 9 nitrogen and oxygen atoms in total. The van der Waals surface area contributed by atoms with Crippen LogP contribution in [-0.4, -0.2) is 82.5 Å². The first-order valence-electron chi connectivity index (χ1n) is 15.2. The summed E-state index contributed by atoms with van der Waals surface area (Å²) in [5.74, 6) is -1.04. The summed E-state index contributed by atoms with van der Waals surface area (Å²) in [7, 11) is 0. The molecule has 2 bridgehead atoms. The molecule has 8 rings (SSSR count). The summed E-state index contributed by atoms with van der Waals surface area (Å²) < 4.78 is 86.7. The number of pyridine rings is 1. The van der Waals surface area contributed by atoms with Crippen LogP contribution in [0.5, 0.6) is 11.8 Å². The van der Waals surface area contributed by atoms with E-state index in [1.54, 1.807) is 0 Å². The molecule has 5 aliphatic heterocycles. The predicted octanol–water partition coefficient (Wildman–Crippen LogP) is 5.05. The number of aromatic nitrogens is 3. The Morgan fingerprint density at radius 1 is 1.22 bits per heavy atom. The highest BCUT2D eigenvalue weighted by Crippen LogP contribution is 2.51. The lowest BCUT2D eigenvalue weighted by Gasteiger charge is -2.48. The number of fused-ring (bicyclic) bond motifs is 6. The zero-order valence-electron chi connectivity index (χ0n) is 24.4. The lowest BCUT2D eigenvalue weighted by atomic mass is 9.86. The number of aryl methyl sites for hydroxylation is 1. The molecule has 0 aliphatic carbocycles. The lowest BCUT2D eigenvalue weighted by molar-refractivity contribution is -0.137. The monoisotopic (exact) mass is 651 g/mol. The number of nitrogens with one attached hydrogen (secondary N) is 1. The number of benzene rings is 1. The topological polar surface area (TPSA) is 102 Å². The van der Waals surface area contributed by atoms with Crippen LogP contribution in [0.2, 0.25) is 5.02 Å². The fourth-order valence-electron chi connectivity index (χ4n) is 8.04. The van der Waals surface area contributed by atoms with Gasteiger partial charge in [-0.2, -0.15) is 23.1 Å². The van der Waals surface area contributed by atoms with Crippen LogP contribution in [-0.2, 0) is 6.18 Å². The maximum absolute atomic E-state index is 16.9. The summed E-state index contributed by atoms with van der Waals surface area (Å²) in [4.78, 5) is 17.2. The first-order valence-corrected chi connectivity index (χ1v) is 15.6. The number of rotatable bonds is 4. The third kappa shape index (κ3) is 4.49. The SMILES string of the molecule is Cc1cc(N)nc(-c2c(Cl)c3c4c(nc(OC[C@@]56CCN5C[C@H](F)C6)nc4c2F)N2C[C@H]4CCC[C@H](N4)[C@H]2CO3)c1C(F)(F)F. The van der Waals surface area contributed by atoms with Crippen LogP contribution in [0.3, 0.4) is 0 Å². The highest BCUT2D eigenvalue weighted by atomic mass is 35.5. The number of anilines is 2. The zero-order valence-corrected chi connectivity index (χ0v) is 25.1. The molecule has 3 N–H and O–H groups in total. The number of hydrogen-bond acceptors (Lipinski definition) is 9. The smallest absolute Gasteiger partial charge is 0.418 e. The summed E-state index contributed by atoms with van der Waals surface area (Å²) in [6.45, 7) is 3.07. The molecule has 0 radical (unpaired) electrons. The van der Waals surface area contributed by atoms with Gasteiger partial charge in [0.05, 0.1) is 38.8 Å². The molecule has 7 heterocycles. The number of piperidine rings is 1. The summed E-state index contributed by atoms with van der Waals surface area (Å²) in [6, 6.07) is 0.905. The van der Waals surface area contributed by atoms with Gasteiger partial charge in [-0.3, -0.25) is 4.90 Å². The minimum Gasteiger partial charge on any atom is -0.489 e. The standard InChI is InChI=1S/C30H31ClF5N7O2/c1-13-7-18(37)39-24(21(13)30(34,35)36)19-22(31)26-20-25(23(19)33)40-28(45-12-29-5-6-42(29)9-14(32)8-29)41-27(20)43-10-15-3-2-4-16(38-15)17(43)11-44-26/h7,14-17,38H,2-6,8-12H2,1H3,(H2,37,39)/t14-,15-,16+,17-,29+/m1/s1. The van der Waals surface area contributed by atoms with Crippen molar-refractivity contribution >= 4 is 34.1 Å². The molecular weight excluding hydrogens is 621 g/mol. The largest absolute Gasteiger partial charge is 0.489 e. The first-order chi connectivity index (χ1) is 21.4. The van der Waals surface area contributed by atoms with Crippen LogP contribution < -0.4 is 25.4 Å². The number of nitrogen functional groups attached to an aromatic ring is 1. The van der Waals surface area contributed by atoms with Gasteiger partial charge in [-0.15, -0.1) is 0 Å². The second kappa shape index (κ2) is 10.1. The number of halogens is 6. The summed E-state index contributed by atoms with van der Waals surface area (Å²) >= 11 is 6.81. The Morgan fingerprint density at radius 2 is 2.04 bits per heavy atom. The molecule has 0 unspecified atom stereocenters. The number of nitrogens with two attached hydrogens (primary N) is 1. The van der Waals surface area contributed by atoms with Crippen molar-refractivity contribution in [3.05, 3.63) is 28.0 Å². The van der Waals surface area contributed by atoms with Crippen LogP contribution in [0.15, 0.2) is 6.07 Å². The second-order valence-electron chi connectivity index (χ2n) is 12.9. The number of ether oxygens (including phenoxy) is 2. The van der Waals surface area contributed by atoms with E-state index >= 15 is 4.39 Å². The number of nitrogens with zero attached hydrogens (tertiary/aromatic N) is 5. The van der Waals surface area contributed by atoms with Crippen LogP contribution >= 0.6 is 11.6 Å². The van der Waals surface area contributed by atoms with Gasteiger partial charge in [0.25, 0.3) is 0 Å². The van der Waals surface area contributed by atoms with Gasteiger partial charge in [-0.1, -0.05) is 18.0 Å². The summed E-state index contributed by atoms with van der Waals surface area (Å²) in [5.41, 5.74) is 2.31. The van der Waals surface area contributed by atoms with Crippen molar-refractivity contribution in [3.63, 3.8) is 0 Å². The van der Waals surface area contributed by atoms with Crippen molar-refractivity contribution < 1.29 is 31.4 Å². The highest BCUT2D eigenvalue weighted by Gasteiger charge is 2.53. The Hall–Kier alpha value is -3.23. The molecule has 2 aromatic heterocycles. The van der Waals surface area contributed by atoms with Crippen LogP contribution in [0.4, 0.5) is 33.6 Å². The lowest BCUT2D eigenvalue weighted by Crippen LogP contribution is -2.65. The zero-order chi connectivity index (χ0) is 31.4. The maximum Gasteiger partial charge on any atom is 0.418 e. The molecule has 15 heteroatoms. The van der Waals surface area contributed by atoms with Crippen LogP contribution in [0.25, 0.3) is 22.2 Å². The molecular formula is C30H31ClF5N7O2. The first kappa shape index (κ1) is 29.2. The van der Waals surface area contributed by atoms with Gasteiger partial charge in [-0.05, 0) is 37.8 Å². The van der Waals surface area contributed by atoms with E-state index in [4.69, 9.17) is 31.8 Å². The average Bonchev–Trinajstić information content (AvgIpc) is 3.08. The molecule has 3 aromatic rings. The van der Waals surface area contributed by atoms with Gasteiger partial charge >= 0.3 is 12.2 Å². The molecule has 0 spiro atoms. The Balaban J connectivity index is 1.34. The molecule has 0 amide bonds. The van der Waals surface area contributed by atoms with E-state index < -0.39 is 40.5 Å². The molecule has 4 saturated heterocycles. The molecule has 5 atom stereocenters. The van der Waals surface area contributed by atoms with Crippen molar-refractivity contribution in [1.29, 1.82) is 0 Å². The van der Waals surface area contributed by atoms with E-state index in [0.717, 1.165) is 38.3 Å². The normalized spacial score (nSPS) is 29.1. The molecule has 5 aliphatic rings. The van der Waals surface area contributed by atoms with Crippen molar-refractivity contribution in [2.45, 2.75) is 75.0 Å². The Labute approximate surface area is 260 Å². The number of alkyl halides is 4. The van der Waals surface area contributed by atoms with Gasteiger partial charge in [-0.25, -0.2) is 13.8 Å². The van der Waals surface area contributed by atoms with Crippen molar-refractivity contribution in [1.82, 2.24) is 25.2 Å². The van der Waals surface area contributed by atoms with E-state index in [0.29, 0.717) is 25.3 Å². The highest BCUT2D eigenvalue weighted by molar-refractivity contribution is 6.36. The molecule has 0 saturated carbocycles. The van der Waals surface area contributed by atoms with Gasteiger partial charge < -0.3 is 25.4 Å². The molecule has 45 heavy (non-hydrogen) atoms. The van der Waals surface area contributed by atoms with E-state index in [1.165, 1.54) is 6.92 Å². The summed E-state index contributed by atoms with van der Waals surface area (Å²) in [6.07, 6.45) is -1.96. The van der Waals surface area contributed by atoms with E-state index in [1.807, 2.05) is 4.90 Å². The quantitative estimate of drug-likeness (QED) is 0.376. The van der Waals surface area contributed by atoms with Crippen LogP contribution in [0, 0.1) is 12.7 Å². The average molecular weight is 652 g/mol. The number of piperazine rings is 1. The van der Waals surface area contributed by atoms with E-state index in [9.17, 15) is 17.6 Å². The maximum atomic E-state index is 16.9.